The van der Waals surface area contributed by atoms with Crippen molar-refractivity contribution in [2.75, 3.05) is 19.7 Å². The van der Waals surface area contributed by atoms with Crippen molar-refractivity contribution in [1.29, 1.82) is 0 Å². The average molecular weight is 454 g/mol. The third-order valence-electron chi connectivity index (χ3n) is 6.12. The zero-order valence-corrected chi connectivity index (χ0v) is 17.9. The molecule has 1 saturated heterocycles. The highest BCUT2D eigenvalue weighted by Crippen LogP contribution is 2.44. The first-order valence-electron chi connectivity index (χ1n) is 10.8. The largest absolute Gasteiger partial charge is 0.480 e. The van der Waals surface area contributed by atoms with Gasteiger partial charge in [-0.1, -0.05) is 48.5 Å². The van der Waals surface area contributed by atoms with Crippen molar-refractivity contribution in [2.45, 2.75) is 37.0 Å². The summed E-state index contributed by atoms with van der Waals surface area (Å²) in [6.07, 6.45) is -3.27. The Morgan fingerprint density at radius 1 is 1.06 bits per heavy atom. The van der Waals surface area contributed by atoms with E-state index in [1.54, 1.807) is 0 Å². The third kappa shape index (κ3) is 4.84. The number of aliphatic hydroxyl groups is 2. The summed E-state index contributed by atoms with van der Waals surface area (Å²) in [5, 5.41) is 31.4. The summed E-state index contributed by atoms with van der Waals surface area (Å²) in [5.74, 6) is -1.89. The van der Waals surface area contributed by atoms with Crippen molar-refractivity contribution in [3.05, 3.63) is 59.7 Å². The number of nitrogens with one attached hydrogen (secondary N) is 1. The van der Waals surface area contributed by atoms with Crippen LogP contribution in [0, 0.1) is 0 Å². The van der Waals surface area contributed by atoms with Gasteiger partial charge in [0.2, 0.25) is 5.91 Å². The molecule has 2 aromatic rings. The molecular formula is C24H26N2O7. The topological polar surface area (TPSA) is 136 Å². The minimum atomic E-state index is -1.22. The lowest BCUT2D eigenvalue weighted by molar-refractivity contribution is -0.149. The first-order chi connectivity index (χ1) is 15.8. The Kier molecular flexibility index (Phi) is 6.62. The molecule has 0 saturated carbocycles. The number of β-amino-alcohol motifs (C(OH)–C–C–N with tert-alkyl or cyclic N) is 1. The molecule has 1 aliphatic heterocycles. The maximum atomic E-state index is 12.3. The van der Waals surface area contributed by atoms with Crippen molar-refractivity contribution in [2.24, 2.45) is 0 Å². The number of benzene rings is 2. The van der Waals surface area contributed by atoms with E-state index in [0.717, 1.165) is 27.2 Å². The van der Waals surface area contributed by atoms with Crippen LogP contribution >= 0.6 is 0 Å². The minimum Gasteiger partial charge on any atom is -0.480 e. The Hall–Kier alpha value is -3.43. The van der Waals surface area contributed by atoms with Gasteiger partial charge in [-0.15, -0.1) is 0 Å². The number of aliphatic hydroxyl groups excluding tert-OH is 2. The maximum absolute atomic E-state index is 12.3. The average Bonchev–Trinajstić information content (AvgIpc) is 3.35. The molecule has 0 bridgehead atoms. The molecule has 0 aromatic heterocycles. The second-order valence-electron chi connectivity index (χ2n) is 8.35. The SMILES string of the molecule is O=C(NCC(O)CC(=O)N1CC(O)C[C@H]1C(=O)O)OCC1c2ccccc2-c2ccccc21. The molecule has 1 aliphatic carbocycles. The van der Waals surface area contributed by atoms with Gasteiger partial charge in [-0.05, 0) is 22.3 Å². The number of carboxylic acid groups (broad SMARTS) is 1. The number of carbonyl (C=O) groups is 3. The second kappa shape index (κ2) is 9.60. The Bertz CT molecular complexity index is 1010. The van der Waals surface area contributed by atoms with Crippen molar-refractivity contribution >= 4 is 18.0 Å². The van der Waals surface area contributed by atoms with Gasteiger partial charge >= 0.3 is 12.1 Å². The van der Waals surface area contributed by atoms with E-state index in [9.17, 15) is 29.7 Å². The molecule has 33 heavy (non-hydrogen) atoms. The Labute approximate surface area is 190 Å². The standard InChI is InChI=1S/C24H26N2O7/c27-14(10-22(29)26-12-15(28)9-21(26)23(30)31)11-25-24(32)33-13-20-18-7-3-1-5-16(18)17-6-2-4-8-19(17)20/h1-8,14-15,20-21,27-28H,9-13H2,(H,25,32)(H,30,31)/t14?,15?,21-/m0/s1. The van der Waals surface area contributed by atoms with Crippen LogP contribution < -0.4 is 5.32 Å². The predicted molar refractivity (Wildman–Crippen MR) is 117 cm³/mol. The lowest BCUT2D eigenvalue weighted by atomic mass is 9.98. The normalized spacial score (nSPS) is 20.1. The lowest BCUT2D eigenvalue weighted by Crippen LogP contribution is -2.43. The number of rotatable bonds is 7. The number of hydrogen-bond donors (Lipinski definition) is 4. The van der Waals surface area contributed by atoms with E-state index in [1.807, 2.05) is 48.5 Å². The van der Waals surface area contributed by atoms with Crippen LogP contribution in [0.5, 0.6) is 0 Å². The van der Waals surface area contributed by atoms with Gasteiger partial charge in [-0.2, -0.15) is 0 Å². The fraction of sp³-hybridized carbons (Fsp3) is 0.375. The van der Waals surface area contributed by atoms with Crippen LogP contribution in [0.4, 0.5) is 4.79 Å². The van der Waals surface area contributed by atoms with Crippen LogP contribution in [0.25, 0.3) is 11.1 Å². The van der Waals surface area contributed by atoms with Gasteiger partial charge in [0.05, 0.1) is 18.6 Å². The molecule has 0 radical (unpaired) electrons. The quantitative estimate of drug-likeness (QED) is 0.495. The summed E-state index contributed by atoms with van der Waals surface area (Å²) < 4.78 is 5.39. The van der Waals surface area contributed by atoms with Crippen LogP contribution in [-0.4, -0.2) is 76.1 Å². The van der Waals surface area contributed by atoms with Crippen LogP contribution in [0.3, 0.4) is 0 Å². The van der Waals surface area contributed by atoms with Crippen LogP contribution in [0.2, 0.25) is 0 Å². The molecule has 0 spiro atoms. The highest BCUT2D eigenvalue weighted by Gasteiger charge is 2.39. The van der Waals surface area contributed by atoms with E-state index in [2.05, 4.69) is 5.32 Å². The zero-order chi connectivity index (χ0) is 23.5. The van der Waals surface area contributed by atoms with Crippen LogP contribution in [0.1, 0.15) is 29.9 Å². The van der Waals surface area contributed by atoms with E-state index in [-0.39, 0.29) is 38.5 Å². The summed E-state index contributed by atoms with van der Waals surface area (Å²) in [6.45, 7) is -0.195. The van der Waals surface area contributed by atoms with Crippen LogP contribution in [0.15, 0.2) is 48.5 Å². The summed E-state index contributed by atoms with van der Waals surface area (Å²) in [5.41, 5.74) is 4.39. The number of fused-ring (bicyclic) bond motifs is 3. The highest BCUT2D eigenvalue weighted by molar-refractivity contribution is 5.85. The number of aliphatic carboxylic acids is 1. The molecule has 9 nitrogen and oxygen atoms in total. The first-order valence-corrected chi connectivity index (χ1v) is 10.8. The molecule has 2 aliphatic rings. The van der Waals surface area contributed by atoms with E-state index < -0.39 is 36.2 Å². The summed E-state index contributed by atoms with van der Waals surface area (Å²) in [4.78, 5) is 36.8. The van der Waals surface area contributed by atoms with E-state index in [1.165, 1.54) is 0 Å². The summed E-state index contributed by atoms with van der Waals surface area (Å²) >= 11 is 0. The second-order valence-corrected chi connectivity index (χ2v) is 8.35. The zero-order valence-electron chi connectivity index (χ0n) is 17.9. The van der Waals surface area contributed by atoms with Crippen molar-refractivity contribution in [3.8, 4) is 11.1 Å². The van der Waals surface area contributed by atoms with Gasteiger partial charge in [-0.3, -0.25) is 4.79 Å². The molecular weight excluding hydrogens is 428 g/mol. The number of amides is 2. The summed E-state index contributed by atoms with van der Waals surface area (Å²) in [6, 6.07) is 14.8. The monoisotopic (exact) mass is 454 g/mol. The Morgan fingerprint density at radius 3 is 2.27 bits per heavy atom. The minimum absolute atomic E-state index is 0.0465. The fourth-order valence-electron chi connectivity index (χ4n) is 4.57. The molecule has 2 aromatic carbocycles. The number of hydrogen-bond acceptors (Lipinski definition) is 6. The van der Waals surface area contributed by atoms with E-state index >= 15 is 0 Å². The fourth-order valence-corrected chi connectivity index (χ4v) is 4.57. The molecule has 1 fully saturated rings. The molecule has 2 unspecified atom stereocenters. The maximum Gasteiger partial charge on any atom is 0.407 e. The van der Waals surface area contributed by atoms with Gasteiger partial charge in [0.15, 0.2) is 0 Å². The van der Waals surface area contributed by atoms with Crippen molar-refractivity contribution in [1.82, 2.24) is 10.2 Å². The number of ether oxygens (including phenoxy) is 1. The first kappa shape index (κ1) is 22.8. The number of alkyl carbamates (subject to hydrolysis) is 1. The lowest BCUT2D eigenvalue weighted by Gasteiger charge is -2.22. The molecule has 3 atom stereocenters. The molecule has 174 valence electrons. The number of nitrogens with zero attached hydrogens (tertiary/aromatic N) is 1. The molecule has 4 rings (SSSR count). The number of carboxylic acids is 1. The van der Waals surface area contributed by atoms with E-state index in [0.29, 0.717) is 0 Å². The Balaban J connectivity index is 1.27. The van der Waals surface area contributed by atoms with E-state index in [4.69, 9.17) is 4.74 Å². The number of likely N-dealkylation sites (tertiary alicyclic amines) is 1. The van der Waals surface area contributed by atoms with Crippen molar-refractivity contribution in [3.63, 3.8) is 0 Å². The molecule has 4 N–H and O–H groups in total. The molecule has 9 heteroatoms. The van der Waals surface area contributed by atoms with Gasteiger partial charge in [0.1, 0.15) is 12.6 Å². The molecule has 2 amide bonds. The van der Waals surface area contributed by atoms with Gasteiger partial charge in [0.25, 0.3) is 0 Å². The Morgan fingerprint density at radius 2 is 1.67 bits per heavy atom. The van der Waals surface area contributed by atoms with Gasteiger partial charge in [-0.25, -0.2) is 9.59 Å². The van der Waals surface area contributed by atoms with Gasteiger partial charge < -0.3 is 30.3 Å². The van der Waals surface area contributed by atoms with Crippen molar-refractivity contribution < 1.29 is 34.4 Å². The highest BCUT2D eigenvalue weighted by atomic mass is 16.5. The van der Waals surface area contributed by atoms with Gasteiger partial charge in [0, 0.05) is 25.4 Å². The third-order valence-corrected chi connectivity index (χ3v) is 6.12. The molecule has 1 heterocycles. The summed E-state index contributed by atoms with van der Waals surface area (Å²) in [7, 11) is 0. The predicted octanol–water partition coefficient (Wildman–Crippen LogP) is 1.32. The smallest absolute Gasteiger partial charge is 0.407 e. The van der Waals surface area contributed by atoms with Crippen LogP contribution in [-0.2, 0) is 14.3 Å². The number of carbonyl (C=O) groups excluding carboxylic acids is 2.